The second-order valence-electron chi connectivity index (χ2n) is 6.19. The predicted octanol–water partition coefficient (Wildman–Crippen LogP) is 1.35. The van der Waals surface area contributed by atoms with Crippen molar-refractivity contribution >= 4 is 36.1 Å². The van der Waals surface area contributed by atoms with Crippen molar-refractivity contribution in [1.82, 2.24) is 0 Å². The molecular formula is C27H21LaO6. The standard InChI is InChI=1S/3C9H8O2.La/c3*10-9(11)7-6-8-4-2-1-3-5-8;/h3*1-7H,(H,10,11);/q;;;+3/p-3. The van der Waals surface area contributed by atoms with E-state index in [9.17, 15) is 29.7 Å². The van der Waals surface area contributed by atoms with Crippen molar-refractivity contribution in [2.45, 2.75) is 0 Å². The van der Waals surface area contributed by atoms with Crippen LogP contribution in [0.15, 0.2) is 109 Å². The van der Waals surface area contributed by atoms with Gasteiger partial charge in [-0.05, 0) is 34.9 Å². The van der Waals surface area contributed by atoms with Crippen LogP contribution in [0.1, 0.15) is 16.7 Å². The molecule has 0 heterocycles. The SMILES string of the molecule is O=C([O-])C=Cc1ccccc1.O=C([O-])C=Cc1ccccc1.O=C([O-])C=Cc1ccccc1.[La+3]. The van der Waals surface area contributed by atoms with Gasteiger partial charge in [0.1, 0.15) is 0 Å². The molecule has 3 aromatic carbocycles. The Hall–Kier alpha value is -3.52. The van der Waals surface area contributed by atoms with Gasteiger partial charge in [0.2, 0.25) is 0 Å². The molecule has 0 saturated carbocycles. The largest absolute Gasteiger partial charge is 3.00 e. The Morgan fingerprint density at radius 2 is 0.647 bits per heavy atom. The van der Waals surface area contributed by atoms with Crippen molar-refractivity contribution in [3.63, 3.8) is 0 Å². The average Bonchev–Trinajstić information content (AvgIpc) is 2.83. The first-order valence-corrected chi connectivity index (χ1v) is 9.69. The van der Waals surface area contributed by atoms with Crippen LogP contribution in [0.3, 0.4) is 0 Å². The summed E-state index contributed by atoms with van der Waals surface area (Å²) in [6.07, 6.45) is 7.51. The molecule has 0 aliphatic carbocycles. The van der Waals surface area contributed by atoms with E-state index in [-0.39, 0.29) is 35.6 Å². The van der Waals surface area contributed by atoms with Crippen LogP contribution in [0.2, 0.25) is 0 Å². The Morgan fingerprint density at radius 1 is 0.441 bits per heavy atom. The Morgan fingerprint density at radius 3 is 0.824 bits per heavy atom. The second-order valence-corrected chi connectivity index (χ2v) is 6.19. The molecule has 0 saturated heterocycles. The van der Waals surface area contributed by atoms with Crippen molar-refractivity contribution in [1.29, 1.82) is 0 Å². The summed E-state index contributed by atoms with van der Waals surface area (Å²) in [7, 11) is 0. The van der Waals surface area contributed by atoms with Crippen molar-refractivity contribution in [3.05, 3.63) is 126 Å². The minimum Gasteiger partial charge on any atom is -0.545 e. The number of carbonyl (C=O) groups excluding carboxylic acids is 3. The number of carboxylic acids is 3. The fraction of sp³-hybridized carbons (Fsp3) is 0. The van der Waals surface area contributed by atoms with E-state index >= 15 is 0 Å². The smallest absolute Gasteiger partial charge is 0.545 e. The monoisotopic (exact) mass is 580 g/mol. The molecule has 0 fully saturated rings. The zero-order valence-electron chi connectivity index (χ0n) is 18.2. The molecule has 168 valence electrons. The van der Waals surface area contributed by atoms with Crippen LogP contribution in [0.25, 0.3) is 18.2 Å². The molecule has 3 aromatic rings. The Labute approximate surface area is 226 Å². The molecule has 0 aliphatic heterocycles. The summed E-state index contributed by atoms with van der Waals surface area (Å²) in [4.78, 5) is 29.9. The van der Waals surface area contributed by atoms with Gasteiger partial charge in [0.25, 0.3) is 0 Å². The quantitative estimate of drug-likeness (QED) is 0.406. The van der Waals surface area contributed by atoms with E-state index in [1.54, 1.807) is 0 Å². The van der Waals surface area contributed by atoms with E-state index in [1.807, 2.05) is 91.0 Å². The van der Waals surface area contributed by atoms with Gasteiger partial charge < -0.3 is 29.7 Å². The molecule has 0 amide bonds. The van der Waals surface area contributed by atoms with E-state index < -0.39 is 17.9 Å². The normalized spacial score (nSPS) is 9.88. The van der Waals surface area contributed by atoms with Gasteiger partial charge in [-0.1, -0.05) is 109 Å². The molecule has 0 bridgehead atoms. The molecule has 0 spiro atoms. The van der Waals surface area contributed by atoms with Gasteiger partial charge in [0.05, 0.1) is 17.9 Å². The number of hydrogen-bond donors (Lipinski definition) is 0. The summed E-state index contributed by atoms with van der Waals surface area (Å²) in [5, 5.41) is 29.9. The van der Waals surface area contributed by atoms with Gasteiger partial charge in [-0.2, -0.15) is 0 Å². The second kappa shape index (κ2) is 19.0. The minimum absolute atomic E-state index is 0. The van der Waals surface area contributed by atoms with Crippen LogP contribution < -0.4 is 15.3 Å². The summed E-state index contributed by atoms with van der Waals surface area (Å²) in [5.74, 6) is -3.52. The maximum Gasteiger partial charge on any atom is 3.00 e. The summed E-state index contributed by atoms with van der Waals surface area (Å²) in [6.45, 7) is 0. The van der Waals surface area contributed by atoms with Crippen LogP contribution in [0.4, 0.5) is 0 Å². The summed E-state index contributed by atoms with van der Waals surface area (Å²) in [6, 6.07) is 27.6. The van der Waals surface area contributed by atoms with Gasteiger partial charge in [-0.15, -0.1) is 0 Å². The van der Waals surface area contributed by atoms with Crippen LogP contribution >= 0.6 is 0 Å². The Bertz CT molecular complexity index is 934. The number of rotatable bonds is 6. The first-order valence-electron chi connectivity index (χ1n) is 9.69. The number of carbonyl (C=O) groups is 3. The van der Waals surface area contributed by atoms with Crippen LogP contribution in [0, 0.1) is 35.6 Å². The van der Waals surface area contributed by atoms with Crippen molar-refractivity contribution < 1.29 is 65.3 Å². The predicted molar refractivity (Wildman–Crippen MR) is 121 cm³/mol. The van der Waals surface area contributed by atoms with E-state index in [0.717, 1.165) is 34.9 Å². The fourth-order valence-electron chi connectivity index (χ4n) is 2.19. The van der Waals surface area contributed by atoms with Gasteiger partial charge in [0.15, 0.2) is 0 Å². The molecule has 0 unspecified atom stereocenters. The maximum absolute atomic E-state index is 9.97. The molecule has 34 heavy (non-hydrogen) atoms. The van der Waals surface area contributed by atoms with Crippen molar-refractivity contribution in [2.75, 3.05) is 0 Å². The molecular weight excluding hydrogens is 559 g/mol. The third kappa shape index (κ3) is 17.1. The first-order chi connectivity index (χ1) is 15.9. The van der Waals surface area contributed by atoms with Crippen LogP contribution in [-0.2, 0) is 14.4 Å². The molecule has 0 aliphatic rings. The Kier molecular flexibility index (Phi) is 17.0. The summed E-state index contributed by atoms with van der Waals surface area (Å²) < 4.78 is 0. The van der Waals surface area contributed by atoms with E-state index in [4.69, 9.17) is 0 Å². The van der Waals surface area contributed by atoms with E-state index in [2.05, 4.69) is 0 Å². The zero-order valence-corrected chi connectivity index (χ0v) is 21.8. The van der Waals surface area contributed by atoms with Crippen molar-refractivity contribution in [3.8, 4) is 0 Å². The molecule has 0 atom stereocenters. The van der Waals surface area contributed by atoms with Crippen LogP contribution in [0.5, 0.6) is 0 Å². The third-order valence-electron chi connectivity index (χ3n) is 3.63. The van der Waals surface area contributed by atoms with Crippen molar-refractivity contribution in [2.24, 2.45) is 0 Å². The molecule has 0 N–H and O–H groups in total. The average molecular weight is 580 g/mol. The summed E-state index contributed by atoms with van der Waals surface area (Å²) in [5.41, 5.74) is 2.57. The first kappa shape index (κ1) is 30.5. The van der Waals surface area contributed by atoms with E-state index in [0.29, 0.717) is 0 Å². The molecule has 6 nitrogen and oxygen atoms in total. The topological polar surface area (TPSA) is 120 Å². The number of benzene rings is 3. The maximum atomic E-state index is 9.97. The number of aliphatic carboxylic acids is 3. The molecule has 0 radical (unpaired) electrons. The minimum atomic E-state index is -1.17. The molecule has 3 rings (SSSR count). The van der Waals surface area contributed by atoms with Gasteiger partial charge in [-0.3, -0.25) is 0 Å². The molecule has 7 heteroatoms. The number of carboxylic acid groups (broad SMARTS) is 3. The zero-order chi connectivity index (χ0) is 24.3. The van der Waals surface area contributed by atoms with E-state index in [1.165, 1.54) is 18.2 Å². The van der Waals surface area contributed by atoms with Gasteiger partial charge >= 0.3 is 35.6 Å². The van der Waals surface area contributed by atoms with Gasteiger partial charge in [-0.25, -0.2) is 0 Å². The van der Waals surface area contributed by atoms with Gasteiger partial charge in [0, 0.05) is 0 Å². The number of hydrogen-bond acceptors (Lipinski definition) is 6. The summed E-state index contributed by atoms with van der Waals surface area (Å²) >= 11 is 0. The molecule has 0 aromatic heterocycles. The Balaban J connectivity index is 0.000000473. The van der Waals surface area contributed by atoms with Crippen LogP contribution in [-0.4, -0.2) is 17.9 Å². The third-order valence-corrected chi connectivity index (χ3v) is 3.63. The fourth-order valence-corrected chi connectivity index (χ4v) is 2.19.